The van der Waals surface area contributed by atoms with Crippen molar-refractivity contribution in [1.82, 2.24) is 24.7 Å². The standard InChI is InChI=1S/C8H10BrN5S/c1-10-7(6-4-15-13-12-6)8-5(9)3-11-14(8)2/h3-4,7,10H,1-2H3. The molecule has 0 amide bonds. The first-order valence-corrected chi connectivity index (χ1v) is 5.98. The van der Waals surface area contributed by atoms with Gasteiger partial charge < -0.3 is 5.32 Å². The molecule has 0 fully saturated rings. The largest absolute Gasteiger partial charge is 0.307 e. The molecule has 80 valence electrons. The summed E-state index contributed by atoms with van der Waals surface area (Å²) >= 11 is 4.82. The molecule has 0 saturated heterocycles. The van der Waals surface area contributed by atoms with Crippen LogP contribution in [-0.4, -0.2) is 26.4 Å². The van der Waals surface area contributed by atoms with Gasteiger partial charge in [-0.25, -0.2) is 0 Å². The van der Waals surface area contributed by atoms with Gasteiger partial charge >= 0.3 is 0 Å². The van der Waals surface area contributed by atoms with Gasteiger partial charge in [-0.15, -0.1) is 5.10 Å². The second-order valence-corrected chi connectivity index (χ2v) is 4.52. The number of aromatic nitrogens is 4. The minimum absolute atomic E-state index is 0.0191. The number of halogens is 1. The highest BCUT2D eigenvalue weighted by Crippen LogP contribution is 2.26. The first-order valence-electron chi connectivity index (χ1n) is 4.35. The van der Waals surface area contributed by atoms with Gasteiger partial charge in [-0.05, 0) is 34.5 Å². The Balaban J connectivity index is 2.44. The molecule has 0 aliphatic carbocycles. The topological polar surface area (TPSA) is 55.6 Å². The molecule has 0 saturated carbocycles. The zero-order valence-electron chi connectivity index (χ0n) is 8.31. The number of nitrogens with zero attached hydrogens (tertiary/aromatic N) is 4. The molecule has 1 N–H and O–H groups in total. The summed E-state index contributed by atoms with van der Waals surface area (Å²) in [5, 5.41) is 13.4. The minimum atomic E-state index is 0.0191. The summed E-state index contributed by atoms with van der Waals surface area (Å²) in [6.45, 7) is 0. The van der Waals surface area contributed by atoms with Crippen LogP contribution in [0.5, 0.6) is 0 Å². The normalized spacial score (nSPS) is 13.0. The molecule has 0 radical (unpaired) electrons. The van der Waals surface area contributed by atoms with Crippen molar-refractivity contribution in [1.29, 1.82) is 0 Å². The molecule has 2 aromatic heterocycles. The van der Waals surface area contributed by atoms with E-state index in [9.17, 15) is 0 Å². The maximum Gasteiger partial charge on any atom is 0.0986 e. The first kappa shape index (κ1) is 10.7. The van der Waals surface area contributed by atoms with Crippen molar-refractivity contribution in [2.75, 3.05) is 7.05 Å². The van der Waals surface area contributed by atoms with Crippen LogP contribution in [0.1, 0.15) is 17.4 Å². The van der Waals surface area contributed by atoms with E-state index in [4.69, 9.17) is 0 Å². The number of hydrogen-bond acceptors (Lipinski definition) is 5. The summed E-state index contributed by atoms with van der Waals surface area (Å²) in [6.07, 6.45) is 1.78. The Morgan fingerprint density at radius 1 is 1.60 bits per heavy atom. The van der Waals surface area contributed by atoms with E-state index < -0.39 is 0 Å². The monoisotopic (exact) mass is 287 g/mol. The summed E-state index contributed by atoms with van der Waals surface area (Å²) in [5.74, 6) is 0. The zero-order chi connectivity index (χ0) is 10.8. The smallest absolute Gasteiger partial charge is 0.0986 e. The fourth-order valence-corrected chi connectivity index (χ4v) is 2.52. The fraction of sp³-hybridized carbons (Fsp3) is 0.375. The third-order valence-corrected chi connectivity index (χ3v) is 3.31. The Morgan fingerprint density at radius 3 is 2.87 bits per heavy atom. The van der Waals surface area contributed by atoms with E-state index in [0.29, 0.717) is 0 Å². The summed E-state index contributed by atoms with van der Waals surface area (Å²) in [6, 6.07) is 0.0191. The van der Waals surface area contributed by atoms with E-state index in [-0.39, 0.29) is 6.04 Å². The van der Waals surface area contributed by atoms with E-state index in [1.165, 1.54) is 11.5 Å². The summed E-state index contributed by atoms with van der Waals surface area (Å²) in [5.41, 5.74) is 1.96. The van der Waals surface area contributed by atoms with Crippen LogP contribution in [0.25, 0.3) is 0 Å². The molecule has 7 heteroatoms. The highest BCUT2D eigenvalue weighted by atomic mass is 79.9. The minimum Gasteiger partial charge on any atom is -0.307 e. The average molecular weight is 288 g/mol. The molecule has 0 aliphatic rings. The van der Waals surface area contributed by atoms with Crippen molar-refractivity contribution < 1.29 is 0 Å². The molecular weight excluding hydrogens is 278 g/mol. The van der Waals surface area contributed by atoms with E-state index in [1.807, 2.05) is 24.2 Å². The molecule has 0 aliphatic heterocycles. The Bertz CT molecular complexity index is 418. The third-order valence-electron chi connectivity index (χ3n) is 2.17. The molecule has 2 rings (SSSR count). The van der Waals surface area contributed by atoms with Gasteiger partial charge in [-0.1, -0.05) is 4.49 Å². The van der Waals surface area contributed by atoms with E-state index >= 15 is 0 Å². The second-order valence-electron chi connectivity index (χ2n) is 3.05. The lowest BCUT2D eigenvalue weighted by Gasteiger charge is -2.14. The lowest BCUT2D eigenvalue weighted by Crippen LogP contribution is -2.21. The molecule has 0 aromatic carbocycles. The van der Waals surface area contributed by atoms with Crippen molar-refractivity contribution in [3.63, 3.8) is 0 Å². The zero-order valence-corrected chi connectivity index (χ0v) is 10.7. The van der Waals surface area contributed by atoms with Crippen LogP contribution >= 0.6 is 27.5 Å². The van der Waals surface area contributed by atoms with Gasteiger partial charge in [-0.3, -0.25) is 4.68 Å². The molecule has 5 nitrogen and oxygen atoms in total. The lowest BCUT2D eigenvalue weighted by atomic mass is 10.1. The number of nitrogens with one attached hydrogen (secondary N) is 1. The maximum atomic E-state index is 4.18. The fourth-order valence-electron chi connectivity index (χ4n) is 1.47. The first-order chi connectivity index (χ1) is 7.24. The quantitative estimate of drug-likeness (QED) is 0.926. The van der Waals surface area contributed by atoms with Gasteiger partial charge in [0.15, 0.2) is 0 Å². The van der Waals surface area contributed by atoms with E-state index in [2.05, 4.69) is 35.9 Å². The van der Waals surface area contributed by atoms with Gasteiger partial charge in [0.25, 0.3) is 0 Å². The van der Waals surface area contributed by atoms with Crippen LogP contribution in [-0.2, 0) is 7.05 Å². The lowest BCUT2D eigenvalue weighted by molar-refractivity contribution is 0.591. The maximum absolute atomic E-state index is 4.18. The van der Waals surface area contributed by atoms with E-state index in [0.717, 1.165) is 15.9 Å². The van der Waals surface area contributed by atoms with Crippen molar-refractivity contribution in [3.05, 3.63) is 27.4 Å². The molecule has 2 heterocycles. The summed E-state index contributed by atoms with van der Waals surface area (Å²) in [4.78, 5) is 0. The van der Waals surface area contributed by atoms with Crippen LogP contribution in [0.4, 0.5) is 0 Å². The summed E-state index contributed by atoms with van der Waals surface area (Å²) < 4.78 is 6.66. The van der Waals surface area contributed by atoms with Crippen LogP contribution in [0.15, 0.2) is 16.0 Å². The predicted molar refractivity (Wildman–Crippen MR) is 61.7 cm³/mol. The number of rotatable bonds is 3. The molecule has 2 aromatic rings. The SMILES string of the molecule is CNC(c1csnn1)c1c(Br)cnn1C. The van der Waals surface area contributed by atoms with Gasteiger partial charge in [0.2, 0.25) is 0 Å². The number of aryl methyl sites for hydroxylation is 1. The molecule has 0 spiro atoms. The second kappa shape index (κ2) is 4.38. The molecular formula is C8H10BrN5S. The van der Waals surface area contributed by atoms with Gasteiger partial charge in [0.1, 0.15) is 0 Å². The third kappa shape index (κ3) is 1.95. The van der Waals surface area contributed by atoms with Gasteiger partial charge in [0, 0.05) is 12.4 Å². The Labute approximate surface area is 99.8 Å². The Morgan fingerprint density at radius 2 is 2.40 bits per heavy atom. The van der Waals surface area contributed by atoms with Crippen LogP contribution < -0.4 is 5.32 Å². The molecule has 1 unspecified atom stereocenters. The van der Waals surface area contributed by atoms with E-state index in [1.54, 1.807) is 6.20 Å². The van der Waals surface area contributed by atoms with Crippen molar-refractivity contribution in [2.45, 2.75) is 6.04 Å². The molecule has 15 heavy (non-hydrogen) atoms. The average Bonchev–Trinajstić information content (AvgIpc) is 2.83. The van der Waals surface area contributed by atoms with Crippen LogP contribution in [0.3, 0.4) is 0 Å². The predicted octanol–water partition coefficient (Wildman–Crippen LogP) is 1.34. The van der Waals surface area contributed by atoms with Crippen molar-refractivity contribution in [3.8, 4) is 0 Å². The van der Waals surface area contributed by atoms with Gasteiger partial charge in [0.05, 0.1) is 28.1 Å². The molecule has 0 bridgehead atoms. The summed E-state index contributed by atoms with van der Waals surface area (Å²) in [7, 11) is 3.80. The highest BCUT2D eigenvalue weighted by Gasteiger charge is 2.21. The van der Waals surface area contributed by atoms with Crippen LogP contribution in [0, 0.1) is 0 Å². The van der Waals surface area contributed by atoms with Crippen molar-refractivity contribution >= 4 is 27.5 Å². The number of hydrogen-bond donors (Lipinski definition) is 1. The van der Waals surface area contributed by atoms with Gasteiger partial charge in [-0.2, -0.15) is 5.10 Å². The Kier molecular flexibility index (Phi) is 3.13. The molecule has 1 atom stereocenters. The highest BCUT2D eigenvalue weighted by molar-refractivity contribution is 9.10. The van der Waals surface area contributed by atoms with Crippen molar-refractivity contribution in [2.24, 2.45) is 7.05 Å². The van der Waals surface area contributed by atoms with Crippen LogP contribution in [0.2, 0.25) is 0 Å². The Hall–Kier alpha value is -0.790.